The summed E-state index contributed by atoms with van der Waals surface area (Å²) < 4.78 is 7.18. The van der Waals surface area contributed by atoms with Crippen LogP contribution in [0.4, 0.5) is 5.69 Å². The summed E-state index contributed by atoms with van der Waals surface area (Å²) in [6.07, 6.45) is 4.60. The number of likely N-dealkylation sites (tertiary alicyclic amines) is 1. The topological polar surface area (TPSA) is 156 Å². The largest absolute Gasteiger partial charge is 0.359 e. The molecule has 0 atom stereocenters. The van der Waals surface area contributed by atoms with Crippen molar-refractivity contribution in [1.29, 1.82) is 0 Å². The summed E-state index contributed by atoms with van der Waals surface area (Å²) in [4.78, 5) is 59.4. The number of hydrogen-bond donors (Lipinski definition) is 1. The second-order valence-electron chi connectivity index (χ2n) is 12.2. The molecule has 5 heterocycles. The number of imide groups is 1. The van der Waals surface area contributed by atoms with Gasteiger partial charge < -0.3 is 14.7 Å². The Hall–Kier alpha value is -5.69. The Labute approximate surface area is 285 Å². The fraction of sp³-hybridized carbons (Fsp3) is 0.257. The summed E-state index contributed by atoms with van der Waals surface area (Å²) in [5, 5.41) is 15.4. The average Bonchev–Trinajstić information content (AvgIpc) is 3.83. The molecular weight excluding hydrogens is 648 g/mol. The SMILES string of the molecule is Cc1ccc(C)c(N2C(=O)c3ccc(C(=O)N4CCC(c5cc(Cn6cc(CNC(=O)c7cccnc7Cl)nn6)on5)CC4)cc3C2=O)c1. The van der Waals surface area contributed by atoms with Crippen LogP contribution in [0.3, 0.4) is 0 Å². The van der Waals surface area contributed by atoms with Gasteiger partial charge in [0, 0.05) is 36.8 Å². The molecule has 2 aromatic carbocycles. The number of benzene rings is 2. The van der Waals surface area contributed by atoms with E-state index in [1.165, 1.54) is 11.1 Å². The van der Waals surface area contributed by atoms with Gasteiger partial charge in [-0.3, -0.25) is 19.2 Å². The molecule has 13 nitrogen and oxygen atoms in total. The highest BCUT2D eigenvalue weighted by Crippen LogP contribution is 2.33. The zero-order valence-corrected chi connectivity index (χ0v) is 27.5. The number of rotatable bonds is 8. The van der Waals surface area contributed by atoms with Gasteiger partial charge in [0.25, 0.3) is 23.6 Å². The van der Waals surface area contributed by atoms with Crippen molar-refractivity contribution < 1.29 is 23.7 Å². The fourth-order valence-corrected chi connectivity index (χ4v) is 6.39. The summed E-state index contributed by atoms with van der Waals surface area (Å²) in [6.45, 7) is 5.25. The van der Waals surface area contributed by atoms with Gasteiger partial charge in [-0.1, -0.05) is 34.1 Å². The molecule has 1 saturated heterocycles. The number of hydrogen-bond acceptors (Lipinski definition) is 9. The van der Waals surface area contributed by atoms with Crippen LogP contribution in [-0.4, -0.2) is 66.8 Å². The number of fused-ring (bicyclic) bond motifs is 1. The zero-order valence-electron chi connectivity index (χ0n) is 26.7. The molecule has 5 aromatic rings. The van der Waals surface area contributed by atoms with Crippen LogP contribution in [0, 0.1) is 13.8 Å². The number of piperidine rings is 1. The highest BCUT2D eigenvalue weighted by molar-refractivity contribution is 6.35. The summed E-state index contributed by atoms with van der Waals surface area (Å²) in [5.74, 6) is -0.658. The monoisotopic (exact) mass is 678 g/mol. The van der Waals surface area contributed by atoms with Gasteiger partial charge in [-0.2, -0.15) is 0 Å². The van der Waals surface area contributed by atoms with Crippen molar-refractivity contribution in [1.82, 2.24) is 35.4 Å². The van der Waals surface area contributed by atoms with Crippen LogP contribution in [0.5, 0.6) is 0 Å². The van der Waals surface area contributed by atoms with Gasteiger partial charge in [0.15, 0.2) is 5.76 Å². The Kier molecular flexibility index (Phi) is 8.51. The molecule has 4 amide bonds. The molecule has 2 aliphatic heterocycles. The van der Waals surface area contributed by atoms with Crippen molar-refractivity contribution in [3.05, 3.63) is 123 Å². The lowest BCUT2D eigenvalue weighted by Gasteiger charge is -2.31. The lowest BCUT2D eigenvalue weighted by molar-refractivity contribution is 0.0710. The minimum absolute atomic E-state index is 0.104. The molecule has 0 saturated carbocycles. The number of carbonyl (C=O) groups excluding carboxylic acids is 4. The number of aromatic nitrogens is 5. The molecule has 14 heteroatoms. The molecule has 1 N–H and O–H groups in total. The lowest BCUT2D eigenvalue weighted by atomic mass is 9.93. The number of halogens is 1. The van der Waals surface area contributed by atoms with Gasteiger partial charge in [0.05, 0.1) is 40.8 Å². The van der Waals surface area contributed by atoms with Crippen molar-refractivity contribution in [2.24, 2.45) is 0 Å². The summed E-state index contributed by atoms with van der Waals surface area (Å²) in [6, 6.07) is 15.5. The molecule has 7 rings (SSSR count). The molecule has 0 bridgehead atoms. The first-order valence-electron chi connectivity index (χ1n) is 15.8. The highest BCUT2D eigenvalue weighted by Gasteiger charge is 2.38. The van der Waals surface area contributed by atoms with Crippen molar-refractivity contribution in [2.75, 3.05) is 18.0 Å². The molecule has 0 spiro atoms. The predicted octanol–water partition coefficient (Wildman–Crippen LogP) is 4.73. The second-order valence-corrected chi connectivity index (χ2v) is 12.6. The smallest absolute Gasteiger partial charge is 0.266 e. The second kappa shape index (κ2) is 13.1. The van der Waals surface area contributed by atoms with E-state index in [2.05, 4.69) is 25.8 Å². The number of carbonyl (C=O) groups is 4. The fourth-order valence-electron chi connectivity index (χ4n) is 6.19. The number of pyridine rings is 1. The van der Waals surface area contributed by atoms with Crippen LogP contribution in [0.15, 0.2) is 71.5 Å². The third-order valence-electron chi connectivity index (χ3n) is 8.85. The zero-order chi connectivity index (χ0) is 34.2. The van der Waals surface area contributed by atoms with Gasteiger partial charge >= 0.3 is 0 Å². The Balaban J connectivity index is 0.935. The molecule has 0 radical (unpaired) electrons. The first-order chi connectivity index (χ1) is 23.7. The van der Waals surface area contributed by atoms with E-state index in [1.54, 1.807) is 46.1 Å². The molecule has 248 valence electrons. The minimum atomic E-state index is -0.427. The van der Waals surface area contributed by atoms with Crippen LogP contribution in [0.25, 0.3) is 0 Å². The minimum Gasteiger partial charge on any atom is -0.359 e. The molecule has 49 heavy (non-hydrogen) atoms. The molecule has 1 fully saturated rings. The van der Waals surface area contributed by atoms with Gasteiger partial charge in [-0.15, -0.1) is 5.10 Å². The van der Waals surface area contributed by atoms with Crippen molar-refractivity contribution in [3.8, 4) is 0 Å². The van der Waals surface area contributed by atoms with Crippen molar-refractivity contribution >= 4 is 40.9 Å². The summed E-state index contributed by atoms with van der Waals surface area (Å²) in [7, 11) is 0. The van der Waals surface area contributed by atoms with Crippen LogP contribution in [-0.2, 0) is 13.1 Å². The van der Waals surface area contributed by atoms with E-state index in [9.17, 15) is 19.2 Å². The summed E-state index contributed by atoms with van der Waals surface area (Å²) >= 11 is 5.99. The van der Waals surface area contributed by atoms with Crippen LogP contribution in [0.2, 0.25) is 5.15 Å². The Bertz CT molecular complexity index is 2120. The number of nitrogens with one attached hydrogen (secondary N) is 1. The Morgan fingerprint density at radius 3 is 2.59 bits per heavy atom. The number of amides is 4. The maximum atomic E-state index is 13.5. The molecule has 3 aromatic heterocycles. The first-order valence-corrected chi connectivity index (χ1v) is 16.2. The van der Waals surface area contributed by atoms with Crippen LogP contribution < -0.4 is 10.2 Å². The van der Waals surface area contributed by atoms with Gasteiger partial charge in [0.2, 0.25) is 0 Å². The van der Waals surface area contributed by atoms with E-state index in [0.717, 1.165) is 16.8 Å². The molecule has 0 unspecified atom stereocenters. The van der Waals surface area contributed by atoms with Gasteiger partial charge in [-0.25, -0.2) is 14.6 Å². The number of aryl methyl sites for hydroxylation is 2. The van der Waals surface area contributed by atoms with E-state index < -0.39 is 5.91 Å². The van der Waals surface area contributed by atoms with Gasteiger partial charge in [-0.05, 0) is 74.2 Å². The van der Waals surface area contributed by atoms with Crippen molar-refractivity contribution in [3.63, 3.8) is 0 Å². The summed E-state index contributed by atoms with van der Waals surface area (Å²) in [5.41, 5.74) is 4.85. The van der Waals surface area contributed by atoms with Gasteiger partial charge in [0.1, 0.15) is 17.4 Å². The van der Waals surface area contributed by atoms with E-state index in [0.29, 0.717) is 60.7 Å². The Morgan fingerprint density at radius 2 is 1.80 bits per heavy atom. The van der Waals surface area contributed by atoms with Crippen LogP contribution >= 0.6 is 11.6 Å². The lowest BCUT2D eigenvalue weighted by Crippen LogP contribution is -2.38. The predicted molar refractivity (Wildman–Crippen MR) is 177 cm³/mol. The molecule has 0 aliphatic carbocycles. The normalized spacial score (nSPS) is 14.8. The van der Waals surface area contributed by atoms with E-state index >= 15 is 0 Å². The number of nitrogens with zero attached hydrogens (tertiary/aromatic N) is 7. The Morgan fingerprint density at radius 1 is 1.00 bits per heavy atom. The maximum Gasteiger partial charge on any atom is 0.266 e. The first kappa shape index (κ1) is 31.9. The standard InChI is InChI=1S/C35H31ClN8O5/c1-20-5-6-21(2)30(14-20)44-34(47)26-8-7-23(15-28(26)35(44)48)33(46)42-12-9-22(10-13-42)29-16-25(49-40-29)19-43-18-24(39-41-43)17-38-32(45)27-4-3-11-37-31(27)36/h3-8,11,14-16,18,22H,9-10,12-13,17,19H2,1-2H3,(H,38,45). The van der Waals surface area contributed by atoms with Crippen molar-refractivity contribution in [2.45, 2.75) is 45.7 Å². The average molecular weight is 679 g/mol. The quantitative estimate of drug-likeness (QED) is 0.181. The third-order valence-corrected chi connectivity index (χ3v) is 9.16. The highest BCUT2D eigenvalue weighted by atomic mass is 35.5. The maximum absolute atomic E-state index is 13.5. The van der Waals surface area contributed by atoms with E-state index in [-0.39, 0.29) is 46.5 Å². The molecule has 2 aliphatic rings. The van der Waals surface area contributed by atoms with E-state index in [4.69, 9.17) is 16.1 Å². The third kappa shape index (κ3) is 6.32. The van der Waals surface area contributed by atoms with Crippen LogP contribution in [0.1, 0.15) is 88.5 Å². The van der Waals surface area contributed by atoms with E-state index in [1.807, 2.05) is 38.1 Å². The number of anilines is 1. The molecular formula is C35H31ClN8O5.